The van der Waals surface area contributed by atoms with Gasteiger partial charge in [-0.1, -0.05) is 20.8 Å². The Morgan fingerprint density at radius 1 is 0.839 bits per heavy atom. The number of nitrogens with one attached hydrogen (secondary N) is 1. The fourth-order valence-corrected chi connectivity index (χ4v) is 2.28. The van der Waals surface area contributed by atoms with Gasteiger partial charge in [-0.2, -0.15) is 0 Å². The van der Waals surface area contributed by atoms with Gasteiger partial charge in [0, 0.05) is 17.8 Å². The van der Waals surface area contributed by atoms with Crippen molar-refractivity contribution in [2.75, 3.05) is 13.2 Å². The minimum atomic E-state index is -0.867. The summed E-state index contributed by atoms with van der Waals surface area (Å²) in [5.74, 6) is -1.37. The molecule has 0 aromatic heterocycles. The molecule has 0 heterocycles. The number of hydrogen-bond acceptors (Lipinski definition) is 8. The summed E-state index contributed by atoms with van der Waals surface area (Å²) in [6.07, 6.45) is 1.01. The average Bonchev–Trinajstić information content (AvgIpc) is 2.67. The molecule has 1 atom stereocenters. The van der Waals surface area contributed by atoms with Gasteiger partial charge in [-0.05, 0) is 53.9 Å². The first kappa shape index (κ1) is 30.9. The molecule has 8 heteroatoms. The van der Waals surface area contributed by atoms with Gasteiger partial charge in [-0.25, -0.2) is 0 Å². The topological polar surface area (TPSA) is 115 Å². The summed E-state index contributed by atoms with van der Waals surface area (Å²) in [6.45, 7) is 14.9. The van der Waals surface area contributed by atoms with Crippen molar-refractivity contribution < 1.29 is 28.6 Å². The van der Waals surface area contributed by atoms with E-state index < -0.39 is 24.0 Å². The first-order valence-electron chi connectivity index (χ1n) is 11.0. The zero-order chi connectivity index (χ0) is 24.4. The van der Waals surface area contributed by atoms with Crippen LogP contribution in [0, 0.1) is 5.41 Å². The highest BCUT2D eigenvalue weighted by Crippen LogP contribution is 2.10. The lowest BCUT2D eigenvalue weighted by molar-refractivity contribution is -0.166. The molecule has 0 aliphatic heterocycles. The number of hydrogen-bond donors (Lipinski definition) is 1. The van der Waals surface area contributed by atoms with Crippen LogP contribution in [-0.2, 0) is 28.6 Å². The van der Waals surface area contributed by atoms with E-state index in [4.69, 9.17) is 19.6 Å². The Bertz CT molecular complexity index is 593. The van der Waals surface area contributed by atoms with E-state index in [1.807, 2.05) is 48.5 Å². The SMILES string of the molecule is CC.CCCC(=O)OCC(COC(=O)CCC(C)=N)OC(=O)CCC(C)=NC(C)(C)C. The van der Waals surface area contributed by atoms with E-state index in [9.17, 15) is 14.4 Å². The van der Waals surface area contributed by atoms with Crippen molar-refractivity contribution in [1.29, 1.82) is 5.41 Å². The Morgan fingerprint density at radius 2 is 1.32 bits per heavy atom. The monoisotopic (exact) mass is 442 g/mol. The van der Waals surface area contributed by atoms with Gasteiger partial charge in [0.2, 0.25) is 0 Å². The minimum absolute atomic E-state index is 0.0775. The summed E-state index contributed by atoms with van der Waals surface area (Å²) in [4.78, 5) is 40.0. The highest BCUT2D eigenvalue weighted by Gasteiger charge is 2.20. The second-order valence-corrected chi connectivity index (χ2v) is 8.03. The molecule has 0 aromatic rings. The number of aliphatic imine (C=N–C) groups is 1. The van der Waals surface area contributed by atoms with Gasteiger partial charge in [-0.15, -0.1) is 0 Å². The molecule has 180 valence electrons. The van der Waals surface area contributed by atoms with Crippen LogP contribution in [0.15, 0.2) is 4.99 Å². The normalized spacial score (nSPS) is 12.2. The van der Waals surface area contributed by atoms with Gasteiger partial charge < -0.3 is 19.6 Å². The second kappa shape index (κ2) is 17.4. The molecule has 0 fully saturated rings. The molecular weight excluding hydrogens is 400 g/mol. The van der Waals surface area contributed by atoms with Crippen LogP contribution in [0.25, 0.3) is 0 Å². The van der Waals surface area contributed by atoms with Crippen LogP contribution in [0.2, 0.25) is 0 Å². The Balaban J connectivity index is 0. The third-order valence-electron chi connectivity index (χ3n) is 3.53. The molecule has 31 heavy (non-hydrogen) atoms. The maximum Gasteiger partial charge on any atom is 0.306 e. The predicted molar refractivity (Wildman–Crippen MR) is 123 cm³/mol. The zero-order valence-corrected chi connectivity index (χ0v) is 20.6. The molecule has 0 rings (SSSR count). The number of esters is 3. The highest BCUT2D eigenvalue weighted by atomic mass is 16.6. The lowest BCUT2D eigenvalue weighted by Crippen LogP contribution is -2.31. The number of nitrogens with zero attached hydrogens (tertiary/aromatic N) is 1. The lowest BCUT2D eigenvalue weighted by atomic mass is 10.1. The fourth-order valence-electron chi connectivity index (χ4n) is 2.28. The minimum Gasteiger partial charge on any atom is -0.462 e. The maximum absolute atomic E-state index is 12.2. The average molecular weight is 443 g/mol. The van der Waals surface area contributed by atoms with Crippen LogP contribution in [0.4, 0.5) is 0 Å². The van der Waals surface area contributed by atoms with E-state index in [0.717, 1.165) is 5.71 Å². The Hall–Kier alpha value is -2.25. The van der Waals surface area contributed by atoms with Gasteiger partial charge in [-0.3, -0.25) is 19.4 Å². The maximum atomic E-state index is 12.2. The van der Waals surface area contributed by atoms with E-state index in [-0.39, 0.29) is 38.0 Å². The molecular formula is C23H42N2O6. The van der Waals surface area contributed by atoms with Crippen molar-refractivity contribution in [3.05, 3.63) is 0 Å². The molecule has 1 unspecified atom stereocenters. The molecule has 8 nitrogen and oxygen atoms in total. The van der Waals surface area contributed by atoms with Gasteiger partial charge in [0.1, 0.15) is 13.2 Å². The largest absolute Gasteiger partial charge is 0.462 e. The number of ether oxygens (including phenoxy) is 3. The molecule has 0 amide bonds. The summed E-state index contributed by atoms with van der Waals surface area (Å²) in [5, 5.41) is 7.34. The summed E-state index contributed by atoms with van der Waals surface area (Å²) in [6, 6.07) is 0. The molecule has 0 radical (unpaired) electrons. The smallest absolute Gasteiger partial charge is 0.306 e. The van der Waals surface area contributed by atoms with Crippen LogP contribution in [0.1, 0.15) is 93.9 Å². The quantitative estimate of drug-likeness (QED) is 0.252. The van der Waals surface area contributed by atoms with Crippen molar-refractivity contribution in [2.45, 2.75) is 106 Å². The standard InChI is InChI=1S/C21H36N2O6.C2H6/c1-7-8-18(24)27-13-17(14-28-19(25)11-9-15(2)22)29-20(26)12-10-16(3)23-21(4,5)6;1-2/h17,22H,7-14H2,1-6H3;1-2H3. The van der Waals surface area contributed by atoms with Crippen LogP contribution in [0.3, 0.4) is 0 Å². The highest BCUT2D eigenvalue weighted by molar-refractivity contribution is 5.86. The fraction of sp³-hybridized carbons (Fsp3) is 0.783. The van der Waals surface area contributed by atoms with Crippen molar-refractivity contribution in [1.82, 2.24) is 0 Å². The van der Waals surface area contributed by atoms with Crippen LogP contribution in [0.5, 0.6) is 0 Å². The van der Waals surface area contributed by atoms with Crippen molar-refractivity contribution in [2.24, 2.45) is 4.99 Å². The zero-order valence-electron chi connectivity index (χ0n) is 20.6. The number of carbonyl (C=O) groups is 3. The van der Waals surface area contributed by atoms with Crippen molar-refractivity contribution in [3.8, 4) is 0 Å². The summed E-state index contributed by atoms with van der Waals surface area (Å²) in [7, 11) is 0. The van der Waals surface area contributed by atoms with E-state index in [1.54, 1.807) is 6.92 Å². The van der Waals surface area contributed by atoms with Crippen molar-refractivity contribution >= 4 is 29.3 Å². The van der Waals surface area contributed by atoms with E-state index in [1.165, 1.54) is 0 Å². The van der Waals surface area contributed by atoms with Crippen LogP contribution in [-0.4, -0.2) is 54.2 Å². The Morgan fingerprint density at radius 3 is 1.77 bits per heavy atom. The van der Waals surface area contributed by atoms with E-state index in [0.29, 0.717) is 25.0 Å². The second-order valence-electron chi connectivity index (χ2n) is 8.03. The van der Waals surface area contributed by atoms with Gasteiger partial charge in [0.25, 0.3) is 0 Å². The number of rotatable bonds is 13. The van der Waals surface area contributed by atoms with Gasteiger partial charge in [0.05, 0.1) is 18.4 Å². The first-order chi connectivity index (χ1) is 14.4. The van der Waals surface area contributed by atoms with Crippen LogP contribution < -0.4 is 0 Å². The number of carbonyl (C=O) groups excluding carboxylic acids is 3. The van der Waals surface area contributed by atoms with Crippen molar-refractivity contribution in [3.63, 3.8) is 0 Å². The Labute approximate surface area is 187 Å². The van der Waals surface area contributed by atoms with Crippen LogP contribution >= 0.6 is 0 Å². The summed E-state index contributed by atoms with van der Waals surface area (Å²) < 4.78 is 15.6. The third-order valence-corrected chi connectivity index (χ3v) is 3.53. The molecule has 1 N–H and O–H groups in total. The van der Waals surface area contributed by atoms with E-state index in [2.05, 4.69) is 4.99 Å². The van der Waals surface area contributed by atoms with E-state index >= 15 is 0 Å². The molecule has 0 saturated heterocycles. The summed E-state index contributed by atoms with van der Waals surface area (Å²) >= 11 is 0. The molecule has 0 aliphatic rings. The lowest BCUT2D eigenvalue weighted by Gasteiger charge is -2.18. The molecule has 0 aliphatic carbocycles. The first-order valence-corrected chi connectivity index (χ1v) is 11.0. The Kier molecular flexibility index (Phi) is 17.4. The summed E-state index contributed by atoms with van der Waals surface area (Å²) in [5.41, 5.74) is 1.01. The van der Waals surface area contributed by atoms with Gasteiger partial charge in [0.15, 0.2) is 6.10 Å². The van der Waals surface area contributed by atoms with Gasteiger partial charge >= 0.3 is 17.9 Å². The molecule has 0 spiro atoms. The molecule has 0 bridgehead atoms. The molecule has 0 aromatic carbocycles. The third kappa shape index (κ3) is 20.8. The predicted octanol–water partition coefficient (Wildman–Crippen LogP) is 4.67. The molecule has 0 saturated carbocycles.